The molecule has 0 aliphatic rings. The average Bonchev–Trinajstić information content (AvgIpc) is 3.30. The molecular weight excluding hydrogens is 416 g/mol. The molecule has 9 nitrogen and oxygen atoms in total. The van der Waals surface area contributed by atoms with Gasteiger partial charge in [0, 0.05) is 12.1 Å². The third kappa shape index (κ3) is 5.71. The highest BCUT2D eigenvalue weighted by Crippen LogP contribution is 2.21. The number of carbonyl (C=O) groups is 1. The molecule has 3 rings (SSSR count). The molecule has 0 fully saturated rings. The van der Waals surface area contributed by atoms with Gasteiger partial charge in [0.15, 0.2) is 5.76 Å². The number of benzene rings is 2. The normalized spacial score (nSPS) is 12.7. The van der Waals surface area contributed by atoms with Gasteiger partial charge in [-0.25, -0.2) is 0 Å². The molecule has 2 aromatic carbocycles. The Balaban J connectivity index is 1.58. The second-order valence-corrected chi connectivity index (χ2v) is 7.11. The second-order valence-electron chi connectivity index (χ2n) is 7.11. The molecule has 3 N–H and O–H groups in total. The largest absolute Gasteiger partial charge is 0.486 e. The predicted molar refractivity (Wildman–Crippen MR) is 115 cm³/mol. The summed E-state index contributed by atoms with van der Waals surface area (Å²) < 4.78 is 11.2. The van der Waals surface area contributed by atoms with Crippen LogP contribution in [0.1, 0.15) is 40.5 Å². The van der Waals surface area contributed by atoms with Gasteiger partial charge in [-0.3, -0.25) is 14.9 Å². The van der Waals surface area contributed by atoms with Crippen LogP contribution in [0, 0.1) is 10.1 Å². The number of furan rings is 1. The number of amides is 1. The number of nitrogens with zero attached hydrogens (tertiary/aromatic N) is 1. The van der Waals surface area contributed by atoms with E-state index >= 15 is 0 Å². The molecule has 2 atom stereocenters. The maximum absolute atomic E-state index is 12.5. The minimum Gasteiger partial charge on any atom is -0.486 e. The number of ether oxygens (including phenoxy) is 1. The number of hydrogen-bond donors (Lipinski definition) is 3. The number of nitro benzene ring substituents is 1. The molecule has 1 aromatic heterocycles. The number of rotatable bonds is 10. The lowest BCUT2D eigenvalue weighted by atomic mass is 10.0. The van der Waals surface area contributed by atoms with Gasteiger partial charge in [0.1, 0.15) is 24.2 Å². The molecule has 2 unspecified atom stereocenters. The lowest BCUT2D eigenvalue weighted by Crippen LogP contribution is -2.41. The van der Waals surface area contributed by atoms with Crippen LogP contribution in [0.4, 0.5) is 5.69 Å². The minimum absolute atomic E-state index is 0.000666. The maximum atomic E-state index is 12.5. The maximum Gasteiger partial charge on any atom is 0.287 e. The van der Waals surface area contributed by atoms with Gasteiger partial charge in [-0.15, -0.1) is 0 Å². The Morgan fingerprint density at radius 3 is 2.41 bits per heavy atom. The van der Waals surface area contributed by atoms with Gasteiger partial charge >= 0.3 is 0 Å². The lowest BCUT2D eigenvalue weighted by molar-refractivity contribution is -0.384. The summed E-state index contributed by atoms with van der Waals surface area (Å²) in [7, 11) is 0. The molecule has 0 bridgehead atoms. The zero-order chi connectivity index (χ0) is 23.1. The first kappa shape index (κ1) is 23.0. The summed E-state index contributed by atoms with van der Waals surface area (Å²) in [5, 5.41) is 33.3. The van der Waals surface area contributed by atoms with Gasteiger partial charge in [-0.1, -0.05) is 19.1 Å². The molecule has 1 heterocycles. The van der Waals surface area contributed by atoms with Gasteiger partial charge in [-0.2, -0.15) is 0 Å². The van der Waals surface area contributed by atoms with Crippen molar-refractivity contribution in [3.63, 3.8) is 0 Å². The molecule has 0 radical (unpaired) electrons. The van der Waals surface area contributed by atoms with Gasteiger partial charge in [0.05, 0.1) is 17.6 Å². The van der Waals surface area contributed by atoms with Crippen LogP contribution in [0.2, 0.25) is 0 Å². The summed E-state index contributed by atoms with van der Waals surface area (Å²) in [6.07, 6.45) is -0.335. The van der Waals surface area contributed by atoms with Gasteiger partial charge in [0.25, 0.3) is 11.6 Å². The number of hydrogen-bond acceptors (Lipinski definition) is 7. The van der Waals surface area contributed by atoms with E-state index in [1.807, 2.05) is 24.3 Å². The Hall–Kier alpha value is -3.69. The molecular formula is C23H24N2O7. The van der Waals surface area contributed by atoms with Crippen LogP contribution < -0.4 is 10.1 Å². The third-order valence-corrected chi connectivity index (χ3v) is 4.94. The molecule has 32 heavy (non-hydrogen) atoms. The molecule has 0 saturated carbocycles. The standard InChI is InChI=1S/C23H24N2O7/c1-2-15-3-9-18(10-4-15)31-14-19-11-12-21(32-19)23(28)24-20(13-26)22(27)16-5-7-17(8-6-16)25(29)30/h3-12,20,22,26-27H,2,13-14H2,1H3,(H,24,28). The number of nitro groups is 1. The average molecular weight is 440 g/mol. The number of carbonyl (C=O) groups excluding carboxylic acids is 1. The van der Waals surface area contributed by atoms with E-state index in [-0.39, 0.29) is 18.1 Å². The fourth-order valence-electron chi connectivity index (χ4n) is 3.04. The van der Waals surface area contributed by atoms with E-state index in [0.717, 1.165) is 6.42 Å². The van der Waals surface area contributed by atoms with E-state index in [9.17, 15) is 25.1 Å². The molecule has 1 amide bonds. The van der Waals surface area contributed by atoms with Gasteiger partial charge < -0.3 is 24.7 Å². The monoisotopic (exact) mass is 440 g/mol. The summed E-state index contributed by atoms with van der Waals surface area (Å²) >= 11 is 0. The van der Waals surface area contributed by atoms with E-state index in [1.165, 1.54) is 35.9 Å². The molecule has 168 valence electrons. The van der Waals surface area contributed by atoms with Crippen molar-refractivity contribution in [2.45, 2.75) is 32.1 Å². The first-order valence-corrected chi connectivity index (χ1v) is 10.1. The Morgan fingerprint density at radius 1 is 1.12 bits per heavy atom. The number of non-ortho nitro benzene ring substituents is 1. The van der Waals surface area contributed by atoms with Crippen LogP contribution in [0.5, 0.6) is 5.75 Å². The van der Waals surface area contributed by atoms with Crippen molar-refractivity contribution in [1.29, 1.82) is 0 Å². The van der Waals surface area contributed by atoms with Crippen molar-refractivity contribution in [3.8, 4) is 5.75 Å². The lowest BCUT2D eigenvalue weighted by Gasteiger charge is -2.22. The Kier molecular flexibility index (Phi) is 7.58. The first-order chi connectivity index (χ1) is 15.4. The fourth-order valence-corrected chi connectivity index (χ4v) is 3.04. The number of aryl methyl sites for hydroxylation is 1. The van der Waals surface area contributed by atoms with E-state index in [4.69, 9.17) is 9.15 Å². The summed E-state index contributed by atoms with van der Waals surface area (Å²) in [5.41, 5.74) is 1.39. The highest BCUT2D eigenvalue weighted by molar-refractivity contribution is 5.91. The summed E-state index contributed by atoms with van der Waals surface area (Å²) in [5.74, 6) is 0.491. The summed E-state index contributed by atoms with van der Waals surface area (Å²) in [6.45, 7) is 1.65. The summed E-state index contributed by atoms with van der Waals surface area (Å²) in [6, 6.07) is 14.9. The van der Waals surface area contributed by atoms with Crippen molar-refractivity contribution in [2.24, 2.45) is 0 Å². The molecule has 0 spiro atoms. The molecule has 9 heteroatoms. The zero-order valence-electron chi connectivity index (χ0n) is 17.4. The fraction of sp³-hybridized carbons (Fsp3) is 0.261. The van der Waals surface area contributed by atoms with E-state index in [0.29, 0.717) is 17.1 Å². The van der Waals surface area contributed by atoms with Crippen LogP contribution in [0.15, 0.2) is 65.1 Å². The Morgan fingerprint density at radius 2 is 1.81 bits per heavy atom. The summed E-state index contributed by atoms with van der Waals surface area (Å²) in [4.78, 5) is 22.7. The smallest absolute Gasteiger partial charge is 0.287 e. The minimum atomic E-state index is -1.27. The topological polar surface area (TPSA) is 135 Å². The molecule has 0 aliphatic carbocycles. The van der Waals surface area contributed by atoms with Crippen LogP contribution >= 0.6 is 0 Å². The third-order valence-electron chi connectivity index (χ3n) is 4.94. The van der Waals surface area contributed by atoms with Gasteiger partial charge in [-0.05, 0) is 53.9 Å². The molecule has 0 saturated heterocycles. The second kappa shape index (κ2) is 10.6. The van der Waals surface area contributed by atoms with E-state index < -0.39 is 29.6 Å². The van der Waals surface area contributed by atoms with Crippen molar-refractivity contribution >= 4 is 11.6 Å². The van der Waals surface area contributed by atoms with Gasteiger partial charge in [0.2, 0.25) is 0 Å². The van der Waals surface area contributed by atoms with Crippen molar-refractivity contribution in [1.82, 2.24) is 5.32 Å². The number of nitrogens with one attached hydrogen (secondary N) is 1. The van der Waals surface area contributed by atoms with E-state index in [1.54, 1.807) is 6.07 Å². The SMILES string of the molecule is CCc1ccc(OCc2ccc(C(=O)NC(CO)C(O)c3ccc([N+](=O)[O-])cc3)o2)cc1. The number of aliphatic hydroxyl groups is 2. The molecule has 3 aromatic rings. The van der Waals surface area contributed by atoms with Crippen LogP contribution in [0.25, 0.3) is 0 Å². The van der Waals surface area contributed by atoms with Crippen molar-refractivity contribution in [3.05, 3.63) is 93.4 Å². The number of aliphatic hydroxyl groups excluding tert-OH is 2. The zero-order valence-corrected chi connectivity index (χ0v) is 17.4. The van der Waals surface area contributed by atoms with Crippen molar-refractivity contribution < 1.29 is 29.1 Å². The first-order valence-electron chi connectivity index (χ1n) is 10.1. The van der Waals surface area contributed by atoms with Crippen LogP contribution in [-0.2, 0) is 13.0 Å². The van der Waals surface area contributed by atoms with E-state index in [2.05, 4.69) is 12.2 Å². The predicted octanol–water partition coefficient (Wildman–Crippen LogP) is 3.15. The Labute approximate surface area is 184 Å². The quantitative estimate of drug-likeness (QED) is 0.325. The molecule has 0 aliphatic heterocycles. The highest BCUT2D eigenvalue weighted by atomic mass is 16.6. The van der Waals surface area contributed by atoms with Crippen molar-refractivity contribution in [2.75, 3.05) is 6.61 Å². The highest BCUT2D eigenvalue weighted by Gasteiger charge is 2.24. The Bertz CT molecular complexity index is 1040. The van der Waals surface area contributed by atoms with Crippen LogP contribution in [0.3, 0.4) is 0 Å². The van der Waals surface area contributed by atoms with Crippen LogP contribution in [-0.4, -0.2) is 33.7 Å².